The Morgan fingerprint density at radius 3 is 2.53 bits per heavy atom. The number of hydrogen-bond acceptors (Lipinski definition) is 4. The van der Waals surface area contributed by atoms with Gasteiger partial charge in [-0.1, -0.05) is 0 Å². The molecule has 0 saturated heterocycles. The van der Waals surface area contributed by atoms with Crippen molar-refractivity contribution in [2.75, 3.05) is 6.61 Å². The summed E-state index contributed by atoms with van der Waals surface area (Å²) in [7, 11) is 0. The number of nitrogens with zero attached hydrogens (tertiary/aromatic N) is 1. The molecule has 0 fully saturated rings. The van der Waals surface area contributed by atoms with Crippen molar-refractivity contribution >= 4 is 5.91 Å². The molecule has 1 rings (SSSR count). The first-order valence-electron chi connectivity index (χ1n) is 4.56. The largest absolute Gasteiger partial charge is 0.396 e. The molecule has 0 aliphatic rings. The van der Waals surface area contributed by atoms with Crippen LogP contribution in [0.2, 0.25) is 0 Å². The second-order valence-electron chi connectivity index (χ2n) is 2.97. The van der Waals surface area contributed by atoms with Crippen LogP contribution < -0.4 is 5.73 Å². The lowest BCUT2D eigenvalue weighted by Crippen LogP contribution is -2.10. The lowest BCUT2D eigenvalue weighted by Gasteiger charge is -1.95. The van der Waals surface area contributed by atoms with E-state index in [4.69, 9.17) is 15.9 Å². The number of aliphatic hydroxyl groups excluding tert-OH is 2. The normalized spacial score (nSPS) is 11.1. The zero-order chi connectivity index (χ0) is 11.7. The van der Waals surface area contributed by atoms with Crippen molar-refractivity contribution in [3.8, 4) is 0 Å². The lowest BCUT2D eigenvalue weighted by molar-refractivity contribution is 0.1000. The van der Waals surface area contributed by atoms with Crippen molar-refractivity contribution in [2.24, 2.45) is 5.73 Å². The Morgan fingerprint density at radius 2 is 2.33 bits per heavy atom. The molecular weight excluding hydrogens is 196 g/mol. The highest BCUT2D eigenvalue weighted by molar-refractivity contribution is 5.92. The third-order valence-corrected chi connectivity index (χ3v) is 1.49. The summed E-state index contributed by atoms with van der Waals surface area (Å²) in [6, 6.07) is 3.29. The van der Waals surface area contributed by atoms with E-state index < -0.39 is 5.91 Å². The molecule has 0 saturated carbocycles. The minimum absolute atomic E-state index is 0.0810. The van der Waals surface area contributed by atoms with Gasteiger partial charge in [0.15, 0.2) is 0 Å². The average Bonchev–Trinajstić information content (AvgIpc) is 2.20. The Bertz CT molecular complexity index is 275. The Morgan fingerprint density at radius 1 is 1.67 bits per heavy atom. The van der Waals surface area contributed by atoms with E-state index in [-0.39, 0.29) is 12.7 Å². The third kappa shape index (κ3) is 7.60. The van der Waals surface area contributed by atoms with Gasteiger partial charge in [0.2, 0.25) is 5.91 Å². The topological polar surface area (TPSA) is 96.4 Å². The van der Waals surface area contributed by atoms with E-state index in [1.165, 1.54) is 6.20 Å². The average molecular weight is 212 g/mol. The quantitative estimate of drug-likeness (QED) is 0.653. The van der Waals surface area contributed by atoms with Crippen LogP contribution in [0.15, 0.2) is 24.5 Å². The number of carbonyl (C=O) groups excluding carboxylic acids is 1. The van der Waals surface area contributed by atoms with Gasteiger partial charge in [0.05, 0.1) is 11.7 Å². The van der Waals surface area contributed by atoms with E-state index in [9.17, 15) is 4.79 Å². The number of nitrogens with two attached hydrogens (primary N) is 1. The van der Waals surface area contributed by atoms with Crippen molar-refractivity contribution in [3.05, 3.63) is 30.1 Å². The minimum atomic E-state index is -0.442. The van der Waals surface area contributed by atoms with Crippen LogP contribution in [0.4, 0.5) is 0 Å². The van der Waals surface area contributed by atoms with Crippen LogP contribution in [0.1, 0.15) is 23.7 Å². The molecule has 1 unspecified atom stereocenters. The van der Waals surface area contributed by atoms with Gasteiger partial charge in [-0.05, 0) is 25.5 Å². The molecule has 5 heteroatoms. The molecule has 0 radical (unpaired) electrons. The third-order valence-electron chi connectivity index (χ3n) is 1.49. The fourth-order valence-corrected chi connectivity index (χ4v) is 0.695. The Balaban J connectivity index is 0.000000288. The van der Waals surface area contributed by atoms with Gasteiger partial charge in [-0.15, -0.1) is 0 Å². The van der Waals surface area contributed by atoms with Gasteiger partial charge >= 0.3 is 0 Å². The maximum Gasteiger partial charge on any atom is 0.250 e. The molecule has 84 valence electrons. The fourth-order valence-electron chi connectivity index (χ4n) is 0.695. The second-order valence-corrected chi connectivity index (χ2v) is 2.97. The van der Waals surface area contributed by atoms with E-state index in [0.29, 0.717) is 12.0 Å². The van der Waals surface area contributed by atoms with Crippen LogP contribution in [0.25, 0.3) is 0 Å². The molecule has 0 aliphatic heterocycles. The molecule has 0 aliphatic carbocycles. The lowest BCUT2D eigenvalue weighted by atomic mass is 10.3. The van der Waals surface area contributed by atoms with Crippen LogP contribution in [0.3, 0.4) is 0 Å². The number of pyridine rings is 1. The van der Waals surface area contributed by atoms with Gasteiger partial charge in [-0.3, -0.25) is 9.78 Å². The summed E-state index contributed by atoms with van der Waals surface area (Å²) < 4.78 is 0. The number of carbonyl (C=O) groups is 1. The number of rotatable bonds is 3. The number of aliphatic hydroxyl groups is 2. The predicted octanol–water partition coefficient (Wildman–Crippen LogP) is -0.0699. The van der Waals surface area contributed by atoms with Crippen LogP contribution in [-0.2, 0) is 0 Å². The highest BCUT2D eigenvalue weighted by Gasteiger charge is 1.94. The van der Waals surface area contributed by atoms with Crippen LogP contribution >= 0.6 is 0 Å². The summed E-state index contributed by atoms with van der Waals surface area (Å²) in [5.74, 6) is -0.442. The van der Waals surface area contributed by atoms with Gasteiger partial charge in [0.1, 0.15) is 0 Å². The highest BCUT2D eigenvalue weighted by atomic mass is 16.3. The first-order valence-corrected chi connectivity index (χ1v) is 4.56. The Kier molecular flexibility index (Phi) is 7.13. The van der Waals surface area contributed by atoms with Crippen molar-refractivity contribution in [2.45, 2.75) is 19.4 Å². The smallest absolute Gasteiger partial charge is 0.250 e. The highest BCUT2D eigenvalue weighted by Crippen LogP contribution is 1.91. The molecule has 0 spiro atoms. The SMILES string of the molecule is CC(O)CCO.NC(=O)c1cccnc1. The summed E-state index contributed by atoms with van der Waals surface area (Å²) in [5, 5.41) is 16.5. The molecule has 1 amide bonds. The van der Waals surface area contributed by atoms with Crippen molar-refractivity contribution in [1.29, 1.82) is 0 Å². The summed E-state index contributed by atoms with van der Waals surface area (Å²) in [6.45, 7) is 1.73. The maximum absolute atomic E-state index is 10.4. The van der Waals surface area contributed by atoms with Gasteiger partial charge < -0.3 is 15.9 Å². The number of hydrogen-bond donors (Lipinski definition) is 3. The molecule has 1 atom stereocenters. The Labute approximate surface area is 88.6 Å². The van der Waals surface area contributed by atoms with E-state index >= 15 is 0 Å². The van der Waals surface area contributed by atoms with Crippen molar-refractivity contribution in [1.82, 2.24) is 4.98 Å². The molecule has 1 aromatic rings. The van der Waals surface area contributed by atoms with Gasteiger partial charge in [0.25, 0.3) is 0 Å². The Hall–Kier alpha value is -1.46. The van der Waals surface area contributed by atoms with Crippen LogP contribution in [-0.4, -0.2) is 33.8 Å². The van der Waals surface area contributed by atoms with Crippen LogP contribution in [0, 0.1) is 0 Å². The standard InChI is InChI=1S/C6H6N2O.C4H10O2/c7-6(9)5-2-1-3-8-4-5;1-4(6)2-3-5/h1-4H,(H2,7,9);4-6H,2-3H2,1H3. The second kappa shape index (κ2) is 7.90. The summed E-state index contributed by atoms with van der Waals surface area (Å²) in [4.78, 5) is 14.1. The zero-order valence-electron chi connectivity index (χ0n) is 8.63. The van der Waals surface area contributed by atoms with E-state index in [2.05, 4.69) is 4.98 Å². The zero-order valence-corrected chi connectivity index (χ0v) is 8.63. The summed E-state index contributed by atoms with van der Waals surface area (Å²) in [6.07, 6.45) is 3.16. The molecule has 1 aromatic heterocycles. The van der Waals surface area contributed by atoms with E-state index in [0.717, 1.165) is 0 Å². The molecule has 1 heterocycles. The monoisotopic (exact) mass is 212 g/mol. The molecule has 5 nitrogen and oxygen atoms in total. The predicted molar refractivity (Wildman–Crippen MR) is 56.1 cm³/mol. The molecule has 15 heavy (non-hydrogen) atoms. The van der Waals surface area contributed by atoms with Crippen molar-refractivity contribution < 1.29 is 15.0 Å². The first-order chi connectivity index (χ1) is 7.07. The molecule has 4 N–H and O–H groups in total. The van der Waals surface area contributed by atoms with E-state index in [1.54, 1.807) is 25.3 Å². The van der Waals surface area contributed by atoms with Gasteiger partial charge in [0, 0.05) is 19.0 Å². The molecule has 0 bridgehead atoms. The fraction of sp³-hybridized carbons (Fsp3) is 0.400. The van der Waals surface area contributed by atoms with Gasteiger partial charge in [-0.2, -0.15) is 0 Å². The molecule has 0 aromatic carbocycles. The minimum Gasteiger partial charge on any atom is -0.396 e. The number of amides is 1. The summed E-state index contributed by atoms with van der Waals surface area (Å²) in [5.41, 5.74) is 5.38. The van der Waals surface area contributed by atoms with Gasteiger partial charge in [-0.25, -0.2) is 0 Å². The number of primary amides is 1. The van der Waals surface area contributed by atoms with Crippen molar-refractivity contribution in [3.63, 3.8) is 0 Å². The first kappa shape index (κ1) is 13.5. The number of aromatic nitrogens is 1. The maximum atomic E-state index is 10.4. The van der Waals surface area contributed by atoms with Crippen LogP contribution in [0.5, 0.6) is 0 Å². The summed E-state index contributed by atoms with van der Waals surface area (Å²) >= 11 is 0. The van der Waals surface area contributed by atoms with E-state index in [1.807, 2.05) is 0 Å². The molecular formula is C10H16N2O3.